The molecule has 23 nitrogen and oxygen atoms in total. The van der Waals surface area contributed by atoms with Crippen molar-refractivity contribution < 1.29 is 79.7 Å². The number of phosphoric acid groups is 3. The number of nitrogens with two attached hydrogens (primary N) is 2. The number of carboxylic acids is 1. The number of rotatable bonds is 22. The summed E-state index contributed by atoms with van der Waals surface area (Å²) in [5.74, 6) is 4.56. The number of carbonyl (C=O) groups is 2. The van der Waals surface area contributed by atoms with Gasteiger partial charge in [-0.2, -0.15) is 13.6 Å². The van der Waals surface area contributed by atoms with Gasteiger partial charge in [0.25, 0.3) is 0 Å². The first-order valence-corrected chi connectivity index (χ1v) is 28.2. The average molecular weight is 1090 g/mol. The smallest absolute Gasteiger partial charge is 0.478 e. The Bertz CT molecular complexity index is 3220. The van der Waals surface area contributed by atoms with E-state index >= 15 is 0 Å². The molecule has 0 bridgehead atoms. The van der Waals surface area contributed by atoms with Crippen molar-refractivity contribution in [3.05, 3.63) is 105 Å². The molecule has 0 radical (unpaired) electrons. The van der Waals surface area contributed by atoms with Gasteiger partial charge in [0.15, 0.2) is 5.78 Å². The summed E-state index contributed by atoms with van der Waals surface area (Å²) < 4.78 is 71.4. The van der Waals surface area contributed by atoms with Crippen molar-refractivity contribution in [3.8, 4) is 34.3 Å². The SMILES string of the molecule is C=CCO[C@@H]1C[C@H](n2cc(C#CCOCSSC(C)(C)CCC(=O)c3ccc(-c4c5ccc(=N)c(C)c-5oc5c(C)c(N)ccc45)c(C(=O)O)c3)c(N)nc2=O)O[C@@H]1COP(=O)(O)OP(=O)(O)OP(=O)(O)O. The molecule has 2 unspecified atom stereocenters. The molecule has 1 aliphatic carbocycles. The number of aromatic nitrogens is 2. The minimum Gasteiger partial charge on any atom is -0.478 e. The Morgan fingerprint density at radius 1 is 1.04 bits per heavy atom. The Labute approximate surface area is 418 Å². The minimum atomic E-state index is -5.78. The van der Waals surface area contributed by atoms with E-state index in [9.17, 15) is 43.0 Å². The zero-order valence-electron chi connectivity index (χ0n) is 38.8. The Kier molecular flexibility index (Phi) is 18.1. The summed E-state index contributed by atoms with van der Waals surface area (Å²) in [6.07, 6.45) is -0.0607. The van der Waals surface area contributed by atoms with Crippen LogP contribution in [-0.2, 0) is 41.1 Å². The fourth-order valence-electron chi connectivity index (χ4n) is 7.39. The third-order valence-electron chi connectivity index (χ3n) is 10.9. The van der Waals surface area contributed by atoms with Crippen LogP contribution in [0.15, 0.2) is 70.5 Å². The van der Waals surface area contributed by atoms with E-state index in [-0.39, 0.29) is 65.6 Å². The number of hydrogen-bond acceptors (Lipinski definition) is 19. The zero-order chi connectivity index (χ0) is 52.9. The van der Waals surface area contributed by atoms with Gasteiger partial charge in [0.2, 0.25) is 0 Å². The van der Waals surface area contributed by atoms with Crippen LogP contribution in [-0.4, -0.2) is 88.7 Å². The Balaban J connectivity index is 1.03. The van der Waals surface area contributed by atoms with E-state index < -0.39 is 64.9 Å². The van der Waals surface area contributed by atoms with Crippen LogP contribution in [0, 0.1) is 31.1 Å². The molecular formula is C44H50N5O18P3S2. The van der Waals surface area contributed by atoms with Gasteiger partial charge < -0.3 is 60.2 Å². The van der Waals surface area contributed by atoms with Crippen LogP contribution in [0.1, 0.15) is 76.7 Å². The number of carboxylic acid groups (broad SMARTS) is 1. The maximum Gasteiger partial charge on any atom is 0.490 e. The van der Waals surface area contributed by atoms with Gasteiger partial charge in [-0.1, -0.05) is 51.6 Å². The number of hydrogen-bond donors (Lipinski definition) is 8. The van der Waals surface area contributed by atoms with Crippen molar-refractivity contribution >= 4 is 79.3 Å². The van der Waals surface area contributed by atoms with Crippen LogP contribution in [0.5, 0.6) is 0 Å². The highest BCUT2D eigenvalue weighted by Crippen LogP contribution is 2.66. The van der Waals surface area contributed by atoms with Crippen LogP contribution >= 0.6 is 45.1 Å². The fraction of sp³-hybridized carbons (Fsp3) is 0.341. The van der Waals surface area contributed by atoms with Gasteiger partial charge in [0, 0.05) is 62.7 Å². The van der Waals surface area contributed by atoms with E-state index in [2.05, 4.69) is 32.0 Å². The predicted octanol–water partition coefficient (Wildman–Crippen LogP) is 7.07. The molecule has 72 heavy (non-hydrogen) atoms. The van der Waals surface area contributed by atoms with E-state index in [1.54, 1.807) is 50.2 Å². The minimum absolute atomic E-state index is 0.0322. The van der Waals surface area contributed by atoms with Gasteiger partial charge in [-0.05, 0) is 70.0 Å². The van der Waals surface area contributed by atoms with Gasteiger partial charge in [0.1, 0.15) is 42.0 Å². The molecule has 1 fully saturated rings. The lowest BCUT2D eigenvalue weighted by Crippen LogP contribution is -2.29. The number of nitrogen functional groups attached to an aromatic ring is 2. The number of anilines is 2. The maximum atomic E-state index is 13.6. The lowest BCUT2D eigenvalue weighted by atomic mass is 9.87. The number of ketones is 1. The third kappa shape index (κ3) is 14.2. The Morgan fingerprint density at radius 2 is 1.76 bits per heavy atom. The second kappa shape index (κ2) is 23.1. The van der Waals surface area contributed by atoms with E-state index in [0.717, 1.165) is 4.57 Å². The van der Waals surface area contributed by atoms with E-state index in [1.165, 1.54) is 39.9 Å². The predicted molar refractivity (Wildman–Crippen MR) is 267 cm³/mol. The summed E-state index contributed by atoms with van der Waals surface area (Å²) in [6, 6.07) is 11.5. The Morgan fingerprint density at radius 3 is 2.46 bits per heavy atom. The van der Waals surface area contributed by atoms with Crippen LogP contribution in [0.3, 0.4) is 0 Å². The monoisotopic (exact) mass is 1090 g/mol. The number of nitrogens with one attached hydrogen (secondary N) is 1. The number of fused-ring (bicyclic) bond motifs is 2. The molecule has 0 saturated carbocycles. The van der Waals surface area contributed by atoms with Gasteiger partial charge in [-0.25, -0.2) is 23.3 Å². The zero-order valence-corrected chi connectivity index (χ0v) is 43.2. The second-order valence-electron chi connectivity index (χ2n) is 16.6. The highest BCUT2D eigenvalue weighted by molar-refractivity contribution is 8.77. The molecule has 3 heterocycles. The number of aryl methyl sites for hydroxylation is 1. The summed E-state index contributed by atoms with van der Waals surface area (Å²) in [6.45, 7) is 10.1. The molecule has 10 N–H and O–H groups in total. The molecular weight excluding hydrogens is 1040 g/mol. The number of ether oxygens (including phenoxy) is 3. The average Bonchev–Trinajstić information content (AvgIpc) is 3.70. The lowest BCUT2D eigenvalue weighted by molar-refractivity contribution is -0.0570. The Hall–Kier alpha value is -4.96. The molecule has 3 aromatic rings. The topological polar surface area (TPSA) is 366 Å². The lowest BCUT2D eigenvalue weighted by Gasteiger charge is -2.23. The summed E-state index contributed by atoms with van der Waals surface area (Å²) in [4.78, 5) is 80.1. The van der Waals surface area contributed by atoms with Crippen molar-refractivity contribution in [3.63, 3.8) is 0 Å². The van der Waals surface area contributed by atoms with Crippen LogP contribution < -0.4 is 22.5 Å². The molecule has 5 atom stereocenters. The summed E-state index contributed by atoms with van der Waals surface area (Å²) >= 11 is 0. The first-order valence-electron chi connectivity index (χ1n) is 21.3. The summed E-state index contributed by atoms with van der Waals surface area (Å²) in [7, 11) is -14.0. The standard InChI is InChI=1S/C44H50N5O18P3S2/c1-6-17-62-35-20-37(64-36(35)22-63-69(57,58)67-70(59,60)66-68(54,55)56)49-21-27(41(47)48-43(49)53)8-7-18-61-23-71-72-44(4,5)16-15-34(50)26-9-10-28(31(19-26)42(51)52)38-29-11-13-32(45)24(2)39(29)65-40-25(3)33(46)14-12-30(38)40/h6,9-14,19,21,35-37,45H,1,15-18,20,22-23,46H2,2-5H3,(H,51,52)(H,57,58)(H,59,60)(H2,47,48,53)(H2,54,55,56)/t35-,36-,37-/m1/s1. The van der Waals surface area contributed by atoms with Gasteiger partial charge in [0.05, 0.1) is 35.8 Å². The number of phosphoric ester groups is 1. The number of benzene rings is 3. The highest BCUT2D eigenvalue weighted by atomic mass is 33.1. The van der Waals surface area contributed by atoms with Gasteiger partial charge >= 0.3 is 35.1 Å². The summed E-state index contributed by atoms with van der Waals surface area (Å²) in [5.41, 5.74) is 15.4. The van der Waals surface area contributed by atoms with Crippen LogP contribution in [0.25, 0.3) is 33.4 Å². The van der Waals surface area contributed by atoms with Crippen LogP contribution in [0.4, 0.5) is 11.5 Å². The normalized spacial score (nSPS) is 17.8. The van der Waals surface area contributed by atoms with Crippen molar-refractivity contribution in [1.82, 2.24) is 9.55 Å². The molecule has 2 aliphatic heterocycles. The largest absolute Gasteiger partial charge is 0.490 e. The van der Waals surface area contributed by atoms with Gasteiger partial charge in [-0.15, -0.1) is 6.58 Å². The first-order chi connectivity index (χ1) is 33.7. The van der Waals surface area contributed by atoms with Crippen LogP contribution in [0.2, 0.25) is 0 Å². The highest BCUT2D eigenvalue weighted by Gasteiger charge is 2.44. The number of aromatic carboxylic acids is 1. The number of nitrogens with zero attached hydrogens (tertiary/aromatic N) is 2. The summed E-state index contributed by atoms with van der Waals surface area (Å²) in [5, 5.41) is 19.7. The maximum absolute atomic E-state index is 13.6. The van der Waals surface area contributed by atoms with Crippen molar-refractivity contribution in [2.75, 3.05) is 37.2 Å². The molecule has 3 aliphatic rings. The first kappa shape index (κ1) is 56.3. The molecule has 386 valence electrons. The third-order valence-corrected chi connectivity index (χ3v) is 17.8. The van der Waals surface area contributed by atoms with E-state index in [4.69, 9.17) is 49.8 Å². The van der Waals surface area contributed by atoms with E-state index in [1.807, 2.05) is 13.8 Å². The number of Topliss-reactive ketones (excluding diaryl/α,β-unsaturated/α-hetero) is 1. The fourth-order valence-corrected chi connectivity index (χ4v) is 12.7. The quantitative estimate of drug-likeness (QED) is 0.00395. The van der Waals surface area contributed by atoms with Gasteiger partial charge in [-0.3, -0.25) is 13.9 Å². The molecule has 2 aromatic carbocycles. The van der Waals surface area contributed by atoms with Crippen molar-refractivity contribution in [2.24, 2.45) is 0 Å². The number of carbonyl (C=O) groups excluding carboxylic acids is 1. The molecule has 1 saturated heterocycles. The second-order valence-corrected chi connectivity index (χ2v) is 24.0. The molecule has 0 amide bonds. The molecule has 6 rings (SSSR count). The van der Waals surface area contributed by atoms with E-state index in [0.29, 0.717) is 56.7 Å². The van der Waals surface area contributed by atoms with Crippen molar-refractivity contribution in [2.45, 2.75) is 70.1 Å². The molecule has 1 aromatic heterocycles. The van der Waals surface area contributed by atoms with Crippen molar-refractivity contribution in [1.29, 1.82) is 5.41 Å². The molecule has 28 heteroatoms. The molecule has 0 spiro atoms.